The van der Waals surface area contributed by atoms with Crippen molar-refractivity contribution >= 4 is 10.9 Å². The summed E-state index contributed by atoms with van der Waals surface area (Å²) in [6.07, 6.45) is 5.03. The highest BCUT2D eigenvalue weighted by atomic mass is 15.1. The minimum Gasteiger partial charge on any atom is -0.345 e. The van der Waals surface area contributed by atoms with Gasteiger partial charge in [-0.2, -0.15) is 0 Å². The van der Waals surface area contributed by atoms with E-state index in [1.54, 1.807) is 0 Å². The molecule has 3 nitrogen and oxygen atoms in total. The van der Waals surface area contributed by atoms with Gasteiger partial charge in [0, 0.05) is 36.2 Å². The van der Waals surface area contributed by atoms with E-state index in [1.807, 2.05) is 0 Å². The van der Waals surface area contributed by atoms with Crippen molar-refractivity contribution in [2.24, 2.45) is 5.73 Å². The van der Waals surface area contributed by atoms with Gasteiger partial charge in [0.15, 0.2) is 0 Å². The summed E-state index contributed by atoms with van der Waals surface area (Å²) < 4.78 is 2.39. The molecule has 0 radical (unpaired) electrons. The van der Waals surface area contributed by atoms with E-state index in [0.717, 1.165) is 6.54 Å². The molecule has 1 saturated heterocycles. The Morgan fingerprint density at radius 1 is 1.20 bits per heavy atom. The van der Waals surface area contributed by atoms with Crippen molar-refractivity contribution in [3.63, 3.8) is 0 Å². The fraction of sp³-hybridized carbons (Fsp3) is 0.529. The van der Waals surface area contributed by atoms with Gasteiger partial charge in [-0.25, -0.2) is 0 Å². The van der Waals surface area contributed by atoms with E-state index in [0.29, 0.717) is 12.6 Å². The van der Waals surface area contributed by atoms with Gasteiger partial charge in [-0.15, -0.1) is 0 Å². The maximum absolute atomic E-state index is 5.80. The van der Waals surface area contributed by atoms with Crippen molar-refractivity contribution in [1.29, 1.82) is 0 Å². The summed E-state index contributed by atoms with van der Waals surface area (Å²) >= 11 is 0. The zero-order valence-corrected chi connectivity index (χ0v) is 12.6. The highest BCUT2D eigenvalue weighted by Gasteiger charge is 2.16. The van der Waals surface area contributed by atoms with Crippen LogP contribution in [0, 0.1) is 0 Å². The highest BCUT2D eigenvalue weighted by molar-refractivity contribution is 5.85. The van der Waals surface area contributed by atoms with Gasteiger partial charge in [0.25, 0.3) is 0 Å². The first-order valence-corrected chi connectivity index (χ1v) is 7.74. The number of aromatic nitrogens is 1. The Balaban J connectivity index is 2.04. The topological polar surface area (TPSA) is 34.2 Å². The lowest BCUT2D eigenvalue weighted by Crippen LogP contribution is -2.18. The number of hydrogen-bond acceptors (Lipinski definition) is 2. The van der Waals surface area contributed by atoms with Crippen LogP contribution in [0.5, 0.6) is 0 Å². The number of nitrogens with zero attached hydrogens (tertiary/aromatic N) is 2. The molecule has 1 aromatic carbocycles. The number of likely N-dealkylation sites (tertiary alicyclic amines) is 1. The van der Waals surface area contributed by atoms with Crippen molar-refractivity contribution in [1.82, 2.24) is 9.47 Å². The minimum absolute atomic E-state index is 0.494. The summed E-state index contributed by atoms with van der Waals surface area (Å²) in [7, 11) is 0. The molecule has 2 aromatic rings. The quantitative estimate of drug-likeness (QED) is 0.926. The van der Waals surface area contributed by atoms with Gasteiger partial charge in [-0.3, -0.25) is 4.90 Å². The van der Waals surface area contributed by atoms with Crippen LogP contribution in [0.2, 0.25) is 0 Å². The molecule has 0 saturated carbocycles. The summed E-state index contributed by atoms with van der Waals surface area (Å²) in [5.74, 6) is 0. The smallest absolute Gasteiger partial charge is 0.0486 e. The Hall–Kier alpha value is -1.32. The van der Waals surface area contributed by atoms with Crippen LogP contribution in [-0.4, -0.2) is 22.6 Å². The average Bonchev–Trinajstić information content (AvgIpc) is 3.07. The normalized spacial score (nSPS) is 16.6. The van der Waals surface area contributed by atoms with E-state index in [-0.39, 0.29) is 0 Å². The van der Waals surface area contributed by atoms with E-state index in [2.05, 4.69) is 47.7 Å². The minimum atomic E-state index is 0.494. The zero-order valence-electron chi connectivity index (χ0n) is 12.6. The molecular weight excluding hydrogens is 246 g/mol. The molecule has 1 aliphatic rings. The maximum Gasteiger partial charge on any atom is 0.0486 e. The predicted molar refractivity (Wildman–Crippen MR) is 84.7 cm³/mol. The average molecular weight is 271 g/mol. The Kier molecular flexibility index (Phi) is 3.81. The van der Waals surface area contributed by atoms with Crippen molar-refractivity contribution in [2.45, 2.75) is 45.8 Å². The standard InChI is InChI=1S/C17H25N3/c1-13(2)20-12-15(11-19-7-3-4-8-19)16-9-14(10-18)5-6-17(16)20/h5-6,9,12-13H,3-4,7-8,10-11,18H2,1-2H3. The Morgan fingerprint density at radius 2 is 1.95 bits per heavy atom. The number of hydrogen-bond donors (Lipinski definition) is 1. The molecular formula is C17H25N3. The summed E-state index contributed by atoms with van der Waals surface area (Å²) in [5.41, 5.74) is 9.82. The van der Waals surface area contributed by atoms with Gasteiger partial charge in [0.1, 0.15) is 0 Å². The van der Waals surface area contributed by atoms with Crippen LogP contribution in [0.25, 0.3) is 10.9 Å². The maximum atomic E-state index is 5.80. The molecule has 20 heavy (non-hydrogen) atoms. The van der Waals surface area contributed by atoms with Crippen LogP contribution in [0.1, 0.15) is 43.9 Å². The van der Waals surface area contributed by atoms with Crippen LogP contribution in [0.4, 0.5) is 0 Å². The number of nitrogens with two attached hydrogens (primary N) is 1. The van der Waals surface area contributed by atoms with Crippen molar-refractivity contribution in [2.75, 3.05) is 13.1 Å². The van der Waals surface area contributed by atoms with Gasteiger partial charge in [0.2, 0.25) is 0 Å². The van der Waals surface area contributed by atoms with Gasteiger partial charge in [-0.1, -0.05) is 6.07 Å². The monoisotopic (exact) mass is 271 g/mol. The Morgan fingerprint density at radius 3 is 2.60 bits per heavy atom. The fourth-order valence-corrected chi connectivity index (χ4v) is 3.23. The molecule has 2 heterocycles. The third-order valence-corrected chi connectivity index (χ3v) is 4.36. The zero-order chi connectivity index (χ0) is 14.1. The third kappa shape index (κ3) is 2.48. The van der Waals surface area contributed by atoms with Crippen LogP contribution >= 0.6 is 0 Å². The summed E-state index contributed by atoms with van der Waals surface area (Å²) in [6, 6.07) is 7.15. The molecule has 1 fully saturated rings. The molecule has 3 heteroatoms. The lowest BCUT2D eigenvalue weighted by molar-refractivity contribution is 0.332. The van der Waals surface area contributed by atoms with E-state index in [9.17, 15) is 0 Å². The Bertz CT molecular complexity index is 592. The van der Waals surface area contributed by atoms with Crippen molar-refractivity contribution in [3.05, 3.63) is 35.5 Å². The lowest BCUT2D eigenvalue weighted by atomic mass is 10.1. The summed E-state index contributed by atoms with van der Waals surface area (Å²) in [6.45, 7) is 8.66. The van der Waals surface area contributed by atoms with Gasteiger partial charge in [0.05, 0.1) is 0 Å². The molecule has 3 rings (SSSR count). The number of benzene rings is 1. The first kappa shape index (κ1) is 13.7. The molecule has 0 bridgehead atoms. The largest absolute Gasteiger partial charge is 0.345 e. The molecule has 0 unspecified atom stereocenters. The molecule has 2 N–H and O–H groups in total. The van der Waals surface area contributed by atoms with Gasteiger partial charge in [-0.05, 0) is 63.0 Å². The lowest BCUT2D eigenvalue weighted by Gasteiger charge is -2.13. The van der Waals surface area contributed by atoms with Crippen LogP contribution in [-0.2, 0) is 13.1 Å². The van der Waals surface area contributed by atoms with Crippen molar-refractivity contribution in [3.8, 4) is 0 Å². The SMILES string of the molecule is CC(C)n1cc(CN2CCCC2)c2cc(CN)ccc21. The fourth-order valence-electron chi connectivity index (χ4n) is 3.23. The second kappa shape index (κ2) is 5.58. The highest BCUT2D eigenvalue weighted by Crippen LogP contribution is 2.27. The van der Waals surface area contributed by atoms with E-state index in [4.69, 9.17) is 5.73 Å². The van der Waals surface area contributed by atoms with E-state index in [1.165, 1.54) is 48.0 Å². The molecule has 0 spiro atoms. The molecule has 108 valence electrons. The molecule has 1 aromatic heterocycles. The molecule has 0 aliphatic carbocycles. The molecule has 1 aliphatic heterocycles. The first-order valence-electron chi connectivity index (χ1n) is 7.74. The van der Waals surface area contributed by atoms with Crippen LogP contribution in [0.15, 0.2) is 24.4 Å². The predicted octanol–water partition coefficient (Wildman–Crippen LogP) is 3.28. The summed E-state index contributed by atoms with van der Waals surface area (Å²) in [5, 5.41) is 1.38. The van der Waals surface area contributed by atoms with Crippen LogP contribution in [0.3, 0.4) is 0 Å². The second-order valence-electron chi connectivity index (χ2n) is 6.19. The van der Waals surface area contributed by atoms with Crippen molar-refractivity contribution < 1.29 is 0 Å². The van der Waals surface area contributed by atoms with Gasteiger partial charge >= 0.3 is 0 Å². The van der Waals surface area contributed by atoms with Gasteiger partial charge < -0.3 is 10.3 Å². The number of fused-ring (bicyclic) bond motifs is 1. The van der Waals surface area contributed by atoms with E-state index < -0.39 is 0 Å². The second-order valence-corrected chi connectivity index (χ2v) is 6.19. The Labute approximate surface area is 121 Å². The first-order chi connectivity index (χ1) is 9.69. The summed E-state index contributed by atoms with van der Waals surface area (Å²) in [4.78, 5) is 2.56. The van der Waals surface area contributed by atoms with Crippen LogP contribution < -0.4 is 5.73 Å². The molecule has 0 atom stereocenters. The van der Waals surface area contributed by atoms with E-state index >= 15 is 0 Å². The number of rotatable bonds is 4. The molecule has 0 amide bonds. The third-order valence-electron chi connectivity index (χ3n) is 4.36.